The summed E-state index contributed by atoms with van der Waals surface area (Å²) in [5, 5.41) is 3.49. The van der Waals surface area contributed by atoms with E-state index in [1.165, 1.54) is 12.7 Å². The number of hydrogen-bond donors (Lipinski definition) is 1. The highest BCUT2D eigenvalue weighted by molar-refractivity contribution is 7.88. The van der Waals surface area contributed by atoms with E-state index < -0.39 is 10.0 Å². The SMILES string of the molecule is CC(C)NCC(C)C(C)CC1CCCN(S(C)(=O)=O)C1. The molecule has 0 aromatic carbocycles. The lowest BCUT2D eigenvalue weighted by Gasteiger charge is -2.33. The number of nitrogens with zero attached hydrogens (tertiary/aromatic N) is 1. The fourth-order valence-corrected chi connectivity index (χ4v) is 3.84. The lowest BCUT2D eigenvalue weighted by atomic mass is 9.83. The second kappa shape index (κ2) is 7.76. The molecule has 1 rings (SSSR count). The van der Waals surface area contributed by atoms with Crippen molar-refractivity contribution in [3.8, 4) is 0 Å². The van der Waals surface area contributed by atoms with Gasteiger partial charge in [0.25, 0.3) is 0 Å². The summed E-state index contributed by atoms with van der Waals surface area (Å²) in [6, 6.07) is 0.528. The minimum atomic E-state index is -3.02. The molecule has 0 aliphatic carbocycles. The van der Waals surface area contributed by atoms with Gasteiger partial charge in [-0.2, -0.15) is 0 Å². The summed E-state index contributed by atoms with van der Waals surface area (Å²) in [4.78, 5) is 0. The van der Waals surface area contributed by atoms with E-state index >= 15 is 0 Å². The molecule has 1 aliphatic heterocycles. The van der Waals surface area contributed by atoms with Crippen molar-refractivity contribution in [3.63, 3.8) is 0 Å². The molecule has 120 valence electrons. The van der Waals surface area contributed by atoms with Crippen molar-refractivity contribution in [2.75, 3.05) is 25.9 Å². The summed E-state index contributed by atoms with van der Waals surface area (Å²) in [5.74, 6) is 1.78. The van der Waals surface area contributed by atoms with Crippen LogP contribution in [0.25, 0.3) is 0 Å². The van der Waals surface area contributed by atoms with E-state index in [1.54, 1.807) is 4.31 Å². The van der Waals surface area contributed by atoms with Gasteiger partial charge in [-0.05, 0) is 43.6 Å². The Morgan fingerprint density at radius 1 is 1.20 bits per heavy atom. The molecular formula is C15H32N2O2S. The zero-order valence-electron chi connectivity index (χ0n) is 13.7. The third-order valence-electron chi connectivity index (χ3n) is 4.48. The topological polar surface area (TPSA) is 49.4 Å². The summed E-state index contributed by atoms with van der Waals surface area (Å²) < 4.78 is 24.9. The summed E-state index contributed by atoms with van der Waals surface area (Å²) in [6.07, 6.45) is 4.63. The minimum Gasteiger partial charge on any atom is -0.314 e. The molecule has 3 unspecified atom stereocenters. The fraction of sp³-hybridized carbons (Fsp3) is 1.00. The first kappa shape index (κ1) is 17.9. The Balaban J connectivity index is 2.43. The van der Waals surface area contributed by atoms with Gasteiger partial charge in [-0.15, -0.1) is 0 Å². The third-order valence-corrected chi connectivity index (χ3v) is 5.75. The number of rotatable bonds is 7. The molecule has 0 spiro atoms. The molecule has 0 radical (unpaired) electrons. The van der Waals surface area contributed by atoms with Gasteiger partial charge in [0, 0.05) is 19.1 Å². The van der Waals surface area contributed by atoms with Crippen LogP contribution in [0.3, 0.4) is 0 Å². The van der Waals surface area contributed by atoms with Crippen LogP contribution in [-0.2, 0) is 10.0 Å². The van der Waals surface area contributed by atoms with E-state index in [0.29, 0.717) is 36.9 Å². The molecule has 0 saturated carbocycles. The second-order valence-corrected chi connectivity index (χ2v) is 8.86. The van der Waals surface area contributed by atoms with E-state index in [-0.39, 0.29) is 0 Å². The minimum absolute atomic E-state index is 0.523. The van der Waals surface area contributed by atoms with Gasteiger partial charge in [-0.3, -0.25) is 0 Å². The largest absolute Gasteiger partial charge is 0.314 e. The van der Waals surface area contributed by atoms with Gasteiger partial charge in [-0.1, -0.05) is 27.7 Å². The Kier molecular flexibility index (Phi) is 6.95. The molecule has 20 heavy (non-hydrogen) atoms. The van der Waals surface area contributed by atoms with Crippen molar-refractivity contribution in [3.05, 3.63) is 0 Å². The predicted molar refractivity (Wildman–Crippen MR) is 85.2 cm³/mol. The first-order valence-corrected chi connectivity index (χ1v) is 9.73. The average molecular weight is 304 g/mol. The standard InChI is InChI=1S/C15H32N2O2S/c1-12(2)16-10-14(4)13(3)9-15-7-6-8-17(11-15)20(5,18)19/h12-16H,6-11H2,1-5H3. The van der Waals surface area contributed by atoms with Crippen LogP contribution in [0.5, 0.6) is 0 Å². The van der Waals surface area contributed by atoms with Crippen LogP contribution in [-0.4, -0.2) is 44.7 Å². The van der Waals surface area contributed by atoms with Gasteiger partial charge in [0.05, 0.1) is 6.26 Å². The van der Waals surface area contributed by atoms with Crippen molar-refractivity contribution >= 4 is 10.0 Å². The Bertz CT molecular complexity index is 381. The highest BCUT2D eigenvalue weighted by atomic mass is 32.2. The lowest BCUT2D eigenvalue weighted by Crippen LogP contribution is -2.40. The van der Waals surface area contributed by atoms with Gasteiger partial charge in [0.2, 0.25) is 10.0 Å². The van der Waals surface area contributed by atoms with Crippen molar-refractivity contribution in [2.45, 2.75) is 53.0 Å². The maximum absolute atomic E-state index is 11.6. The molecule has 1 aliphatic rings. The molecule has 0 aromatic heterocycles. The van der Waals surface area contributed by atoms with Crippen LogP contribution in [0.1, 0.15) is 47.0 Å². The summed E-state index contributed by atoms with van der Waals surface area (Å²) >= 11 is 0. The molecule has 5 heteroatoms. The van der Waals surface area contributed by atoms with E-state index in [9.17, 15) is 8.42 Å². The van der Waals surface area contributed by atoms with Crippen LogP contribution in [0.4, 0.5) is 0 Å². The van der Waals surface area contributed by atoms with Crippen molar-refractivity contribution in [1.29, 1.82) is 0 Å². The molecule has 0 amide bonds. The molecular weight excluding hydrogens is 272 g/mol. The third kappa shape index (κ3) is 6.10. The van der Waals surface area contributed by atoms with Crippen molar-refractivity contribution in [2.24, 2.45) is 17.8 Å². The molecule has 0 aromatic rings. The van der Waals surface area contributed by atoms with E-state index in [1.807, 2.05) is 0 Å². The van der Waals surface area contributed by atoms with Crippen LogP contribution < -0.4 is 5.32 Å². The number of nitrogens with one attached hydrogen (secondary N) is 1. The molecule has 1 saturated heterocycles. The summed E-state index contributed by atoms with van der Waals surface area (Å²) in [7, 11) is -3.02. The number of piperidine rings is 1. The number of sulfonamides is 1. The molecule has 1 fully saturated rings. The normalized spacial score (nSPS) is 24.8. The van der Waals surface area contributed by atoms with Gasteiger partial charge in [0.15, 0.2) is 0 Å². The van der Waals surface area contributed by atoms with Crippen molar-refractivity contribution in [1.82, 2.24) is 9.62 Å². The Hall–Kier alpha value is -0.130. The van der Waals surface area contributed by atoms with E-state index in [2.05, 4.69) is 33.0 Å². The lowest BCUT2D eigenvalue weighted by molar-refractivity contribution is 0.210. The Morgan fingerprint density at radius 3 is 2.40 bits per heavy atom. The highest BCUT2D eigenvalue weighted by Gasteiger charge is 2.27. The van der Waals surface area contributed by atoms with Crippen LogP contribution in [0, 0.1) is 17.8 Å². The fourth-order valence-electron chi connectivity index (χ4n) is 2.90. The van der Waals surface area contributed by atoms with Gasteiger partial charge < -0.3 is 5.32 Å². The Labute approximate surface area is 125 Å². The molecule has 1 heterocycles. The summed E-state index contributed by atoms with van der Waals surface area (Å²) in [5.41, 5.74) is 0. The van der Waals surface area contributed by atoms with Gasteiger partial charge in [0.1, 0.15) is 0 Å². The van der Waals surface area contributed by atoms with Crippen molar-refractivity contribution < 1.29 is 8.42 Å². The zero-order valence-corrected chi connectivity index (χ0v) is 14.5. The maximum Gasteiger partial charge on any atom is 0.211 e. The average Bonchev–Trinajstić information content (AvgIpc) is 2.35. The monoisotopic (exact) mass is 304 g/mol. The Morgan fingerprint density at radius 2 is 1.85 bits per heavy atom. The van der Waals surface area contributed by atoms with Crippen LogP contribution in [0.2, 0.25) is 0 Å². The van der Waals surface area contributed by atoms with E-state index in [0.717, 1.165) is 19.4 Å². The molecule has 1 N–H and O–H groups in total. The first-order valence-electron chi connectivity index (χ1n) is 7.88. The number of hydrogen-bond acceptors (Lipinski definition) is 3. The molecule has 0 bridgehead atoms. The van der Waals surface area contributed by atoms with Gasteiger partial charge in [-0.25, -0.2) is 12.7 Å². The second-order valence-electron chi connectivity index (χ2n) is 6.88. The van der Waals surface area contributed by atoms with E-state index in [4.69, 9.17) is 0 Å². The smallest absolute Gasteiger partial charge is 0.211 e. The predicted octanol–water partition coefficient (Wildman–Crippen LogP) is 2.32. The quantitative estimate of drug-likeness (QED) is 0.785. The highest BCUT2D eigenvalue weighted by Crippen LogP contribution is 2.27. The summed E-state index contributed by atoms with van der Waals surface area (Å²) in [6.45, 7) is 11.4. The van der Waals surface area contributed by atoms with Crippen LogP contribution >= 0.6 is 0 Å². The maximum atomic E-state index is 11.6. The molecule has 4 nitrogen and oxygen atoms in total. The first-order chi connectivity index (χ1) is 9.20. The molecule has 3 atom stereocenters. The van der Waals surface area contributed by atoms with Crippen LogP contribution in [0.15, 0.2) is 0 Å². The van der Waals surface area contributed by atoms with Gasteiger partial charge >= 0.3 is 0 Å². The zero-order chi connectivity index (χ0) is 15.3.